The largest absolute Gasteiger partial charge is 0.366 e. The normalized spacial score (nSPS) is 22.4. The number of anilines is 1. The maximum absolute atomic E-state index is 4.31. The van der Waals surface area contributed by atoms with Crippen molar-refractivity contribution in [3.63, 3.8) is 0 Å². The smallest absolute Gasteiger partial charge is 0.129 e. The van der Waals surface area contributed by atoms with Crippen LogP contribution in [0.1, 0.15) is 18.2 Å². The highest BCUT2D eigenvalue weighted by molar-refractivity contribution is 5.36. The van der Waals surface area contributed by atoms with Crippen LogP contribution in [0.15, 0.2) is 42.7 Å². The van der Waals surface area contributed by atoms with Crippen LogP contribution >= 0.6 is 0 Å². The van der Waals surface area contributed by atoms with Gasteiger partial charge in [0, 0.05) is 37.4 Å². The summed E-state index contributed by atoms with van der Waals surface area (Å²) in [5.74, 6) is 1.55. The van der Waals surface area contributed by atoms with Crippen LogP contribution < -0.4 is 5.32 Å². The molecule has 0 aliphatic carbocycles. The van der Waals surface area contributed by atoms with Gasteiger partial charge in [-0.1, -0.05) is 37.3 Å². The number of nitrogens with zero attached hydrogens (tertiary/aromatic N) is 3. The molecule has 1 aromatic carbocycles. The lowest BCUT2D eigenvalue weighted by Crippen LogP contribution is -2.28. The van der Waals surface area contributed by atoms with Crippen molar-refractivity contribution >= 4 is 5.82 Å². The minimum absolute atomic E-state index is 0.447. The van der Waals surface area contributed by atoms with E-state index in [4.69, 9.17) is 0 Å². The second kappa shape index (κ2) is 6.22. The number of aryl methyl sites for hydroxylation is 1. The molecule has 1 N–H and O–H groups in total. The molecule has 1 fully saturated rings. The summed E-state index contributed by atoms with van der Waals surface area (Å²) in [5.41, 5.74) is 2.38. The Morgan fingerprint density at radius 3 is 2.76 bits per heavy atom. The van der Waals surface area contributed by atoms with Crippen LogP contribution in [0.5, 0.6) is 0 Å². The predicted molar refractivity (Wildman–Crippen MR) is 85.1 cm³/mol. The van der Waals surface area contributed by atoms with Gasteiger partial charge in [-0.25, -0.2) is 9.97 Å². The predicted octanol–water partition coefficient (Wildman–Crippen LogP) is 2.72. The molecule has 0 spiro atoms. The first-order chi connectivity index (χ1) is 10.2. The van der Waals surface area contributed by atoms with Gasteiger partial charge in [0.1, 0.15) is 12.1 Å². The molecule has 0 saturated carbocycles. The second-order valence-electron chi connectivity index (χ2n) is 5.95. The van der Waals surface area contributed by atoms with Crippen LogP contribution in [0.3, 0.4) is 0 Å². The van der Waals surface area contributed by atoms with E-state index in [-0.39, 0.29) is 0 Å². The Hall–Kier alpha value is -1.94. The molecular weight excluding hydrogens is 260 g/mol. The molecule has 4 nitrogen and oxygen atoms in total. The van der Waals surface area contributed by atoms with Gasteiger partial charge in [-0.3, -0.25) is 4.90 Å². The van der Waals surface area contributed by atoms with Crippen LogP contribution in [0.2, 0.25) is 0 Å². The zero-order valence-electron chi connectivity index (χ0n) is 12.7. The average Bonchev–Trinajstić information content (AvgIpc) is 2.80. The summed E-state index contributed by atoms with van der Waals surface area (Å²) in [6.07, 6.45) is 1.62. The minimum Gasteiger partial charge on any atom is -0.366 e. The Bertz CT molecular complexity index is 584. The molecule has 0 radical (unpaired) electrons. The first-order valence-corrected chi connectivity index (χ1v) is 7.52. The molecule has 0 bridgehead atoms. The Kier molecular flexibility index (Phi) is 4.15. The molecule has 4 heteroatoms. The van der Waals surface area contributed by atoms with Crippen LogP contribution in [-0.2, 0) is 6.54 Å². The van der Waals surface area contributed by atoms with Gasteiger partial charge in [-0.2, -0.15) is 0 Å². The number of hydrogen-bond donors (Lipinski definition) is 1. The summed E-state index contributed by atoms with van der Waals surface area (Å²) in [5, 5.41) is 3.55. The fourth-order valence-corrected chi connectivity index (χ4v) is 2.95. The van der Waals surface area contributed by atoms with Gasteiger partial charge in [0.05, 0.1) is 0 Å². The van der Waals surface area contributed by atoms with E-state index in [1.54, 1.807) is 6.33 Å². The minimum atomic E-state index is 0.447. The zero-order chi connectivity index (χ0) is 14.7. The van der Waals surface area contributed by atoms with Crippen molar-refractivity contribution in [2.24, 2.45) is 5.92 Å². The van der Waals surface area contributed by atoms with E-state index < -0.39 is 0 Å². The summed E-state index contributed by atoms with van der Waals surface area (Å²) in [6.45, 7) is 7.49. The molecule has 1 aliphatic rings. The highest BCUT2D eigenvalue weighted by Gasteiger charge is 2.29. The molecular formula is C17H22N4. The summed E-state index contributed by atoms with van der Waals surface area (Å²) in [6, 6.07) is 13.1. The highest BCUT2D eigenvalue weighted by atomic mass is 15.2. The highest BCUT2D eigenvalue weighted by Crippen LogP contribution is 2.21. The summed E-state index contributed by atoms with van der Waals surface area (Å²) in [4.78, 5) is 11.0. The maximum atomic E-state index is 4.31. The van der Waals surface area contributed by atoms with Gasteiger partial charge in [-0.05, 0) is 18.4 Å². The number of rotatable bonds is 4. The SMILES string of the molecule is Cc1cc(NC2CN(Cc3ccccc3)CC2C)ncn1. The van der Waals surface area contributed by atoms with Crippen molar-refractivity contribution in [2.75, 3.05) is 18.4 Å². The fourth-order valence-electron chi connectivity index (χ4n) is 2.95. The number of likely N-dealkylation sites (tertiary alicyclic amines) is 1. The fraction of sp³-hybridized carbons (Fsp3) is 0.412. The van der Waals surface area contributed by atoms with Crippen molar-refractivity contribution in [3.05, 3.63) is 54.0 Å². The summed E-state index contributed by atoms with van der Waals surface area (Å²) >= 11 is 0. The van der Waals surface area contributed by atoms with Crippen molar-refractivity contribution in [1.82, 2.24) is 14.9 Å². The van der Waals surface area contributed by atoms with E-state index in [0.29, 0.717) is 12.0 Å². The number of aromatic nitrogens is 2. The van der Waals surface area contributed by atoms with E-state index in [0.717, 1.165) is 31.1 Å². The molecule has 0 amide bonds. The molecule has 2 atom stereocenters. The van der Waals surface area contributed by atoms with Gasteiger partial charge in [0.2, 0.25) is 0 Å². The third kappa shape index (κ3) is 3.58. The standard InChI is InChI=1S/C17H22N4/c1-13-9-21(10-15-6-4-3-5-7-15)11-16(13)20-17-8-14(2)18-12-19-17/h3-8,12-13,16H,9-11H2,1-2H3,(H,18,19,20). The van der Waals surface area contributed by atoms with Crippen LogP contribution in [0.25, 0.3) is 0 Å². The first kappa shape index (κ1) is 14.0. The van der Waals surface area contributed by atoms with Crippen LogP contribution in [0.4, 0.5) is 5.82 Å². The van der Waals surface area contributed by atoms with Gasteiger partial charge in [0.25, 0.3) is 0 Å². The molecule has 2 aromatic rings. The summed E-state index contributed by atoms with van der Waals surface area (Å²) in [7, 11) is 0. The molecule has 3 rings (SSSR count). The first-order valence-electron chi connectivity index (χ1n) is 7.52. The van der Waals surface area contributed by atoms with E-state index in [9.17, 15) is 0 Å². The van der Waals surface area contributed by atoms with Crippen molar-refractivity contribution in [3.8, 4) is 0 Å². The van der Waals surface area contributed by atoms with Crippen LogP contribution in [-0.4, -0.2) is 34.0 Å². The van der Waals surface area contributed by atoms with Gasteiger partial charge in [-0.15, -0.1) is 0 Å². The lowest BCUT2D eigenvalue weighted by molar-refractivity contribution is 0.319. The lowest BCUT2D eigenvalue weighted by atomic mass is 10.1. The second-order valence-corrected chi connectivity index (χ2v) is 5.95. The number of hydrogen-bond acceptors (Lipinski definition) is 4. The van der Waals surface area contributed by atoms with Gasteiger partial charge < -0.3 is 5.32 Å². The van der Waals surface area contributed by atoms with E-state index in [1.807, 2.05) is 13.0 Å². The topological polar surface area (TPSA) is 41.0 Å². The molecule has 2 unspecified atom stereocenters. The Balaban J connectivity index is 1.61. The Morgan fingerprint density at radius 2 is 2.00 bits per heavy atom. The van der Waals surface area contributed by atoms with E-state index >= 15 is 0 Å². The molecule has 2 heterocycles. The quantitative estimate of drug-likeness (QED) is 0.936. The molecule has 1 aliphatic heterocycles. The van der Waals surface area contributed by atoms with Crippen LogP contribution in [0, 0.1) is 12.8 Å². The average molecular weight is 282 g/mol. The monoisotopic (exact) mass is 282 g/mol. The molecule has 1 aromatic heterocycles. The number of nitrogens with one attached hydrogen (secondary N) is 1. The van der Waals surface area contributed by atoms with E-state index in [1.165, 1.54) is 5.56 Å². The summed E-state index contributed by atoms with van der Waals surface area (Å²) < 4.78 is 0. The number of benzene rings is 1. The molecule has 110 valence electrons. The molecule has 1 saturated heterocycles. The van der Waals surface area contributed by atoms with Gasteiger partial charge >= 0.3 is 0 Å². The third-order valence-corrected chi connectivity index (χ3v) is 4.07. The Morgan fingerprint density at radius 1 is 1.19 bits per heavy atom. The lowest BCUT2D eigenvalue weighted by Gasteiger charge is -2.18. The van der Waals surface area contributed by atoms with Crippen molar-refractivity contribution < 1.29 is 0 Å². The van der Waals surface area contributed by atoms with Gasteiger partial charge in [0.15, 0.2) is 0 Å². The van der Waals surface area contributed by atoms with E-state index in [2.05, 4.69) is 57.4 Å². The van der Waals surface area contributed by atoms with Crippen molar-refractivity contribution in [1.29, 1.82) is 0 Å². The van der Waals surface area contributed by atoms with Crippen molar-refractivity contribution in [2.45, 2.75) is 26.4 Å². The zero-order valence-corrected chi connectivity index (χ0v) is 12.7. The third-order valence-electron chi connectivity index (χ3n) is 4.07. The molecule has 21 heavy (non-hydrogen) atoms. The maximum Gasteiger partial charge on any atom is 0.129 e. The Labute approximate surface area is 126 Å².